The second-order valence-corrected chi connectivity index (χ2v) is 10.0. The zero-order valence-electron chi connectivity index (χ0n) is 21.9. The minimum absolute atomic E-state index is 0.0444. The highest BCUT2D eigenvalue weighted by molar-refractivity contribution is 7.13. The van der Waals surface area contributed by atoms with Crippen molar-refractivity contribution in [3.8, 4) is 16.1 Å². The fourth-order valence-electron chi connectivity index (χ4n) is 4.88. The largest absolute Gasteiger partial charge is 0.464 e. The summed E-state index contributed by atoms with van der Waals surface area (Å²) in [5.74, 6) is -1.02. The summed E-state index contributed by atoms with van der Waals surface area (Å²) < 4.78 is 7.91. The maximum absolute atomic E-state index is 14.3. The lowest BCUT2D eigenvalue weighted by Gasteiger charge is -2.21. The lowest BCUT2D eigenvalue weighted by Crippen LogP contribution is -2.32. The molecule has 12 heteroatoms. The van der Waals surface area contributed by atoms with Crippen LogP contribution in [0.15, 0.2) is 83.4 Å². The lowest BCUT2D eigenvalue weighted by atomic mass is 10.0. The molecule has 0 aliphatic carbocycles. The first-order valence-electron chi connectivity index (χ1n) is 12.5. The molecule has 0 spiro atoms. The summed E-state index contributed by atoms with van der Waals surface area (Å²) in [4.78, 5) is 49.1. The maximum Gasteiger partial charge on any atom is 0.358 e. The van der Waals surface area contributed by atoms with Gasteiger partial charge in [0.05, 0.1) is 28.9 Å². The zero-order valence-corrected chi connectivity index (χ0v) is 22.8. The lowest BCUT2D eigenvalue weighted by molar-refractivity contribution is 0.0595. The van der Waals surface area contributed by atoms with Crippen LogP contribution in [0.25, 0.3) is 32.5 Å². The van der Waals surface area contributed by atoms with Crippen molar-refractivity contribution in [2.45, 2.75) is 13.0 Å². The zero-order chi connectivity index (χ0) is 28.7. The molecule has 6 rings (SSSR count). The number of benzene rings is 2. The third-order valence-electron chi connectivity index (χ3n) is 6.72. The number of fused-ring (bicyclic) bond motifs is 2. The van der Waals surface area contributed by atoms with E-state index >= 15 is 0 Å². The molecule has 0 saturated heterocycles. The Balaban J connectivity index is 1.52. The summed E-state index contributed by atoms with van der Waals surface area (Å²) in [7, 11) is 1.29. The molecule has 0 aliphatic rings. The number of anilines is 1. The number of methoxy groups -OCH3 is 1. The summed E-state index contributed by atoms with van der Waals surface area (Å²) in [6.07, 6.45) is 3.21. The van der Waals surface area contributed by atoms with Gasteiger partial charge < -0.3 is 15.8 Å². The average molecular weight is 566 g/mol. The maximum atomic E-state index is 14.3. The van der Waals surface area contributed by atoms with Crippen LogP contribution in [0.4, 0.5) is 5.82 Å². The van der Waals surface area contributed by atoms with Crippen LogP contribution in [0.3, 0.4) is 0 Å². The van der Waals surface area contributed by atoms with Crippen molar-refractivity contribution in [1.82, 2.24) is 29.5 Å². The molecule has 1 amide bonds. The number of pyridine rings is 1. The predicted molar refractivity (Wildman–Crippen MR) is 155 cm³/mol. The second kappa shape index (κ2) is 10.3. The highest BCUT2D eigenvalue weighted by Crippen LogP contribution is 2.34. The topological polar surface area (TPSA) is 146 Å². The van der Waals surface area contributed by atoms with Crippen molar-refractivity contribution in [2.75, 3.05) is 12.8 Å². The van der Waals surface area contributed by atoms with Gasteiger partial charge in [0.25, 0.3) is 11.5 Å². The third kappa shape index (κ3) is 4.39. The van der Waals surface area contributed by atoms with Crippen LogP contribution in [0, 0.1) is 0 Å². The van der Waals surface area contributed by atoms with Crippen LogP contribution in [-0.4, -0.2) is 43.1 Å². The standard InChI is InChI=1S/C29H23N7O4S/c1-16(33-27(37)22-25(30)34-35-13-7-12-31-26(22)35)20-14-17-8-6-11-19(24-23(29(39)40-2)32-15-41-24)21(17)28(38)36(20)18-9-4-3-5-10-18/h3-16H,1-2H3,(H2,30,34)(H,33,37). The molecule has 0 radical (unpaired) electrons. The van der Waals surface area contributed by atoms with Crippen molar-refractivity contribution in [1.29, 1.82) is 0 Å². The van der Waals surface area contributed by atoms with Gasteiger partial charge in [-0.3, -0.25) is 14.2 Å². The number of aromatic nitrogens is 5. The minimum Gasteiger partial charge on any atom is -0.464 e. The number of nitrogen functional groups attached to an aromatic ring is 1. The van der Waals surface area contributed by atoms with Gasteiger partial charge in [0.15, 0.2) is 17.2 Å². The van der Waals surface area contributed by atoms with Crippen molar-refractivity contribution >= 4 is 45.5 Å². The van der Waals surface area contributed by atoms with Crippen molar-refractivity contribution in [3.63, 3.8) is 0 Å². The number of ether oxygens (including phenoxy) is 1. The Morgan fingerprint density at radius 3 is 2.66 bits per heavy atom. The van der Waals surface area contributed by atoms with Crippen LogP contribution < -0.4 is 16.6 Å². The summed E-state index contributed by atoms with van der Waals surface area (Å²) in [5, 5.41) is 8.18. The molecule has 4 aromatic heterocycles. The van der Waals surface area contributed by atoms with Gasteiger partial charge in [-0.05, 0) is 36.6 Å². The van der Waals surface area contributed by atoms with Gasteiger partial charge >= 0.3 is 5.97 Å². The smallest absolute Gasteiger partial charge is 0.358 e. The number of hydrogen-bond acceptors (Lipinski definition) is 9. The number of para-hydroxylation sites is 1. The molecule has 2 aromatic carbocycles. The van der Waals surface area contributed by atoms with Gasteiger partial charge in [-0.1, -0.05) is 36.4 Å². The molecule has 0 bridgehead atoms. The van der Waals surface area contributed by atoms with Gasteiger partial charge in [-0.15, -0.1) is 16.4 Å². The second-order valence-electron chi connectivity index (χ2n) is 9.18. The van der Waals surface area contributed by atoms with Crippen LogP contribution in [0.2, 0.25) is 0 Å². The van der Waals surface area contributed by atoms with Crippen LogP contribution >= 0.6 is 11.3 Å². The minimum atomic E-state index is -0.629. The summed E-state index contributed by atoms with van der Waals surface area (Å²) in [6.45, 7) is 1.79. The Labute approximate surface area is 236 Å². The number of carbonyl (C=O) groups is 2. The molecule has 4 heterocycles. The average Bonchev–Trinajstić information content (AvgIpc) is 3.60. The Kier molecular flexibility index (Phi) is 6.52. The number of esters is 1. The van der Waals surface area contributed by atoms with Gasteiger partial charge in [0.1, 0.15) is 5.56 Å². The van der Waals surface area contributed by atoms with E-state index in [1.54, 1.807) is 41.5 Å². The monoisotopic (exact) mass is 565 g/mol. The normalized spacial score (nSPS) is 12.0. The quantitative estimate of drug-likeness (QED) is 0.288. The molecule has 6 aromatic rings. The Hall–Kier alpha value is -5.36. The summed E-state index contributed by atoms with van der Waals surface area (Å²) in [5.41, 5.74) is 9.62. The van der Waals surface area contributed by atoms with Crippen molar-refractivity contribution in [3.05, 3.63) is 106 Å². The SMILES string of the molecule is COC(=O)c1ncsc1-c1cccc2cc(C(C)NC(=O)c3c(N)nn4cccnc34)n(-c3ccccc3)c(=O)c12. The van der Waals surface area contributed by atoms with Gasteiger partial charge in [-0.2, -0.15) is 0 Å². The van der Waals surface area contributed by atoms with E-state index in [1.807, 2.05) is 48.5 Å². The molecular weight excluding hydrogens is 542 g/mol. The predicted octanol–water partition coefficient (Wildman–Crippen LogP) is 4.02. The van der Waals surface area contributed by atoms with Crippen LogP contribution in [0.1, 0.15) is 39.5 Å². The van der Waals surface area contributed by atoms with E-state index < -0.39 is 17.9 Å². The van der Waals surface area contributed by atoms with E-state index in [0.717, 1.165) is 0 Å². The highest BCUT2D eigenvalue weighted by atomic mass is 32.1. The van der Waals surface area contributed by atoms with E-state index in [2.05, 4.69) is 20.4 Å². The Morgan fingerprint density at radius 1 is 1.07 bits per heavy atom. The van der Waals surface area contributed by atoms with Crippen molar-refractivity contribution < 1.29 is 14.3 Å². The number of carbonyl (C=O) groups excluding carboxylic acids is 2. The molecule has 0 fully saturated rings. The fourth-order valence-corrected chi connectivity index (χ4v) is 5.69. The van der Waals surface area contributed by atoms with E-state index in [1.165, 1.54) is 23.0 Å². The molecule has 204 valence electrons. The Bertz CT molecular complexity index is 2010. The van der Waals surface area contributed by atoms with E-state index in [0.29, 0.717) is 38.2 Å². The fraction of sp³-hybridized carbons (Fsp3) is 0.103. The molecule has 41 heavy (non-hydrogen) atoms. The first kappa shape index (κ1) is 25.9. The summed E-state index contributed by atoms with van der Waals surface area (Å²) in [6, 6.07) is 17.5. The molecule has 3 N–H and O–H groups in total. The number of rotatable bonds is 6. The number of hydrogen-bond donors (Lipinski definition) is 2. The van der Waals surface area contributed by atoms with E-state index in [4.69, 9.17) is 10.5 Å². The third-order valence-corrected chi connectivity index (χ3v) is 7.58. The van der Waals surface area contributed by atoms with Gasteiger partial charge in [0.2, 0.25) is 0 Å². The van der Waals surface area contributed by atoms with Crippen LogP contribution in [0.5, 0.6) is 0 Å². The van der Waals surface area contributed by atoms with Crippen LogP contribution in [-0.2, 0) is 4.74 Å². The first-order valence-corrected chi connectivity index (χ1v) is 13.4. The molecule has 1 atom stereocenters. The van der Waals surface area contributed by atoms with E-state index in [9.17, 15) is 14.4 Å². The van der Waals surface area contributed by atoms with Crippen molar-refractivity contribution in [2.24, 2.45) is 0 Å². The van der Waals surface area contributed by atoms with Gasteiger partial charge in [0, 0.05) is 29.3 Å². The molecular formula is C29H23N7O4S. The number of nitrogens with zero attached hydrogens (tertiary/aromatic N) is 5. The molecule has 0 saturated carbocycles. The number of nitrogens with one attached hydrogen (secondary N) is 1. The molecule has 1 unspecified atom stereocenters. The highest BCUT2D eigenvalue weighted by Gasteiger charge is 2.25. The van der Waals surface area contributed by atoms with Gasteiger partial charge in [-0.25, -0.2) is 19.3 Å². The number of nitrogens with two attached hydrogens (primary N) is 1. The number of thiazole rings is 1. The Morgan fingerprint density at radius 2 is 1.88 bits per heavy atom. The number of amides is 1. The summed E-state index contributed by atoms with van der Waals surface area (Å²) >= 11 is 1.25. The first-order chi connectivity index (χ1) is 19.9. The molecule has 11 nitrogen and oxygen atoms in total. The molecule has 0 aliphatic heterocycles. The van der Waals surface area contributed by atoms with E-state index in [-0.39, 0.29) is 22.6 Å².